The van der Waals surface area contributed by atoms with E-state index in [4.69, 9.17) is 0 Å². The fourth-order valence-electron chi connectivity index (χ4n) is 2.82. The molecule has 0 spiro atoms. The second-order valence-electron chi connectivity index (χ2n) is 5.93. The fraction of sp³-hybridized carbons (Fsp3) is 0.375. The van der Waals surface area contributed by atoms with Crippen LogP contribution in [0.2, 0.25) is 0 Å². The van der Waals surface area contributed by atoms with Crippen LogP contribution < -0.4 is 4.72 Å². The van der Waals surface area contributed by atoms with Crippen LogP contribution in [-0.2, 0) is 10.2 Å². The predicted molar refractivity (Wildman–Crippen MR) is 90.1 cm³/mol. The van der Waals surface area contributed by atoms with Gasteiger partial charge in [-0.25, -0.2) is 13.8 Å². The van der Waals surface area contributed by atoms with Crippen molar-refractivity contribution in [3.05, 3.63) is 47.5 Å². The van der Waals surface area contributed by atoms with E-state index >= 15 is 0 Å². The third kappa shape index (κ3) is 3.72. The van der Waals surface area contributed by atoms with Crippen LogP contribution in [0.4, 0.5) is 4.39 Å². The Kier molecular flexibility index (Phi) is 4.87. The molecule has 1 aromatic heterocycles. The average molecular weight is 366 g/mol. The quantitative estimate of drug-likeness (QED) is 0.894. The number of nitrogens with zero attached hydrogens (tertiary/aromatic N) is 3. The number of hydrogen-bond donors (Lipinski definition) is 1. The first-order valence-electron chi connectivity index (χ1n) is 8.01. The summed E-state index contributed by atoms with van der Waals surface area (Å²) in [5, 5.41) is 4.10. The first-order chi connectivity index (χ1) is 11.9. The van der Waals surface area contributed by atoms with Crippen LogP contribution in [0.3, 0.4) is 0 Å². The molecule has 1 fully saturated rings. The van der Waals surface area contributed by atoms with Gasteiger partial charge in [-0.3, -0.25) is 4.79 Å². The largest absolute Gasteiger partial charge is 0.304 e. The SMILES string of the molecule is Cc1c(C(=O)NS(=O)(=O)N2CCCCC2)cnn1-c1ccc(F)cc1. The van der Waals surface area contributed by atoms with Crippen molar-refractivity contribution in [2.75, 3.05) is 13.1 Å². The summed E-state index contributed by atoms with van der Waals surface area (Å²) in [6, 6.07) is 5.64. The van der Waals surface area contributed by atoms with Gasteiger partial charge in [0.25, 0.3) is 5.91 Å². The zero-order valence-corrected chi connectivity index (χ0v) is 14.6. The van der Waals surface area contributed by atoms with Crippen LogP contribution in [0.5, 0.6) is 0 Å². The number of carbonyl (C=O) groups is 1. The van der Waals surface area contributed by atoms with E-state index in [1.165, 1.54) is 39.4 Å². The van der Waals surface area contributed by atoms with Crippen LogP contribution in [0, 0.1) is 12.7 Å². The summed E-state index contributed by atoms with van der Waals surface area (Å²) in [6.07, 6.45) is 3.87. The second-order valence-corrected chi connectivity index (χ2v) is 7.60. The van der Waals surface area contributed by atoms with Gasteiger partial charge in [0.2, 0.25) is 0 Å². The molecule has 7 nitrogen and oxygen atoms in total. The fourth-order valence-corrected chi connectivity index (χ4v) is 4.03. The highest BCUT2D eigenvalue weighted by Gasteiger charge is 2.27. The van der Waals surface area contributed by atoms with Crippen LogP contribution in [0.15, 0.2) is 30.5 Å². The summed E-state index contributed by atoms with van der Waals surface area (Å²) in [6.45, 7) is 2.48. The van der Waals surface area contributed by atoms with Crippen LogP contribution in [-0.4, -0.2) is 41.5 Å². The minimum atomic E-state index is -3.86. The molecule has 1 aromatic carbocycles. The van der Waals surface area contributed by atoms with E-state index in [2.05, 4.69) is 9.82 Å². The molecule has 1 amide bonds. The summed E-state index contributed by atoms with van der Waals surface area (Å²) in [5.41, 5.74) is 1.21. The van der Waals surface area contributed by atoms with Gasteiger partial charge in [0.05, 0.1) is 23.1 Å². The van der Waals surface area contributed by atoms with Crippen molar-refractivity contribution in [3.63, 3.8) is 0 Å². The molecule has 0 aliphatic carbocycles. The van der Waals surface area contributed by atoms with Crippen molar-refractivity contribution in [1.29, 1.82) is 0 Å². The molecular formula is C16H19FN4O3S. The first-order valence-corrected chi connectivity index (χ1v) is 9.45. The third-order valence-electron chi connectivity index (χ3n) is 4.20. The second kappa shape index (κ2) is 6.93. The molecule has 2 heterocycles. The molecule has 0 unspecified atom stereocenters. The summed E-state index contributed by atoms with van der Waals surface area (Å²) in [4.78, 5) is 12.4. The average Bonchev–Trinajstić information content (AvgIpc) is 2.98. The van der Waals surface area contributed by atoms with Gasteiger partial charge < -0.3 is 0 Å². The maximum Gasteiger partial charge on any atom is 0.304 e. The van der Waals surface area contributed by atoms with Crippen molar-refractivity contribution in [1.82, 2.24) is 18.8 Å². The molecule has 1 aliphatic rings. The van der Waals surface area contributed by atoms with Gasteiger partial charge in [0.1, 0.15) is 5.82 Å². The smallest absolute Gasteiger partial charge is 0.268 e. The van der Waals surface area contributed by atoms with E-state index in [-0.39, 0.29) is 11.4 Å². The third-order valence-corrected chi connectivity index (χ3v) is 5.69. The predicted octanol–water partition coefficient (Wildman–Crippen LogP) is 1.78. The highest BCUT2D eigenvalue weighted by Crippen LogP contribution is 2.16. The highest BCUT2D eigenvalue weighted by molar-refractivity contribution is 7.87. The lowest BCUT2D eigenvalue weighted by Crippen LogP contribution is -2.45. The van der Waals surface area contributed by atoms with E-state index in [0.29, 0.717) is 24.5 Å². The van der Waals surface area contributed by atoms with E-state index in [9.17, 15) is 17.6 Å². The van der Waals surface area contributed by atoms with E-state index in [1.54, 1.807) is 6.92 Å². The van der Waals surface area contributed by atoms with Crippen molar-refractivity contribution >= 4 is 16.1 Å². The van der Waals surface area contributed by atoms with Crippen molar-refractivity contribution < 1.29 is 17.6 Å². The molecular weight excluding hydrogens is 347 g/mol. The van der Waals surface area contributed by atoms with Crippen molar-refractivity contribution in [2.24, 2.45) is 0 Å². The number of nitrogens with one attached hydrogen (secondary N) is 1. The van der Waals surface area contributed by atoms with Crippen molar-refractivity contribution in [3.8, 4) is 5.69 Å². The van der Waals surface area contributed by atoms with Gasteiger partial charge in [0.15, 0.2) is 0 Å². The lowest BCUT2D eigenvalue weighted by molar-refractivity contribution is 0.0978. The zero-order valence-electron chi connectivity index (χ0n) is 13.8. The number of piperidine rings is 1. The highest BCUT2D eigenvalue weighted by atomic mass is 32.2. The van der Waals surface area contributed by atoms with E-state index in [0.717, 1.165) is 19.3 Å². The Bertz CT molecular complexity index is 871. The molecule has 134 valence electrons. The minimum absolute atomic E-state index is 0.157. The maximum absolute atomic E-state index is 13.0. The van der Waals surface area contributed by atoms with Crippen LogP contribution >= 0.6 is 0 Å². The number of hydrogen-bond acceptors (Lipinski definition) is 4. The number of carbonyl (C=O) groups excluding carboxylic acids is 1. The number of rotatable bonds is 4. The van der Waals surface area contributed by atoms with Crippen LogP contribution in [0.25, 0.3) is 5.69 Å². The van der Waals surface area contributed by atoms with Gasteiger partial charge in [-0.1, -0.05) is 6.42 Å². The van der Waals surface area contributed by atoms with E-state index in [1.807, 2.05) is 0 Å². The summed E-state index contributed by atoms with van der Waals surface area (Å²) in [7, 11) is -3.86. The summed E-state index contributed by atoms with van der Waals surface area (Å²) >= 11 is 0. The number of amides is 1. The molecule has 2 aromatic rings. The Hall–Kier alpha value is -2.26. The van der Waals surface area contributed by atoms with Gasteiger partial charge >= 0.3 is 10.2 Å². The lowest BCUT2D eigenvalue weighted by Gasteiger charge is -2.25. The molecule has 1 saturated heterocycles. The Morgan fingerprint density at radius 3 is 2.44 bits per heavy atom. The molecule has 25 heavy (non-hydrogen) atoms. The van der Waals surface area contributed by atoms with Gasteiger partial charge in [0, 0.05) is 13.1 Å². The normalized spacial score (nSPS) is 15.9. The van der Waals surface area contributed by atoms with Crippen molar-refractivity contribution in [2.45, 2.75) is 26.2 Å². The van der Waals surface area contributed by atoms with E-state index < -0.39 is 16.1 Å². The Labute approximate surface area is 145 Å². The molecule has 1 aliphatic heterocycles. The standard InChI is InChI=1S/C16H19FN4O3S/c1-12-15(11-18-21(12)14-7-5-13(17)6-8-14)16(22)19-25(23,24)20-9-3-2-4-10-20/h5-8,11H,2-4,9-10H2,1H3,(H,19,22). The molecule has 0 bridgehead atoms. The monoisotopic (exact) mass is 366 g/mol. The topological polar surface area (TPSA) is 84.3 Å². The Balaban J connectivity index is 1.80. The lowest BCUT2D eigenvalue weighted by atomic mass is 10.2. The number of halogens is 1. The molecule has 0 saturated carbocycles. The Morgan fingerprint density at radius 1 is 1.16 bits per heavy atom. The molecule has 1 N–H and O–H groups in total. The van der Waals surface area contributed by atoms with Gasteiger partial charge in [-0.15, -0.1) is 0 Å². The molecule has 0 atom stereocenters. The number of aromatic nitrogens is 2. The first kappa shape index (κ1) is 17.6. The van der Waals surface area contributed by atoms with Crippen LogP contribution in [0.1, 0.15) is 35.3 Å². The summed E-state index contributed by atoms with van der Waals surface area (Å²) < 4.78 is 42.5. The number of benzene rings is 1. The molecule has 9 heteroatoms. The Morgan fingerprint density at radius 2 is 1.80 bits per heavy atom. The van der Waals surface area contributed by atoms with Gasteiger partial charge in [-0.05, 0) is 44.0 Å². The summed E-state index contributed by atoms with van der Waals surface area (Å²) in [5.74, 6) is -1.10. The maximum atomic E-state index is 13.0. The molecule has 0 radical (unpaired) electrons. The zero-order chi connectivity index (χ0) is 18.0. The minimum Gasteiger partial charge on any atom is -0.268 e. The molecule has 3 rings (SSSR count). The van der Waals surface area contributed by atoms with Gasteiger partial charge in [-0.2, -0.15) is 17.8 Å².